The van der Waals surface area contributed by atoms with Crippen LogP contribution in [0.2, 0.25) is 0 Å². The number of amides is 1. The van der Waals surface area contributed by atoms with E-state index in [1.165, 1.54) is 11.3 Å². The third-order valence-corrected chi connectivity index (χ3v) is 4.41. The Kier molecular flexibility index (Phi) is 7.13. The predicted molar refractivity (Wildman–Crippen MR) is 102 cm³/mol. The molecule has 0 aliphatic heterocycles. The van der Waals surface area contributed by atoms with Gasteiger partial charge in [0.2, 0.25) is 5.91 Å². The Morgan fingerprint density at radius 3 is 2.64 bits per heavy atom. The van der Waals surface area contributed by atoms with Crippen LogP contribution in [0.5, 0.6) is 5.75 Å². The first-order valence-electron chi connectivity index (χ1n) is 8.41. The highest BCUT2D eigenvalue weighted by Crippen LogP contribution is 2.14. The number of nitrogens with one attached hydrogen (secondary N) is 1. The highest BCUT2D eigenvalue weighted by atomic mass is 32.1. The Morgan fingerprint density at radius 1 is 1.32 bits per heavy atom. The fourth-order valence-corrected chi connectivity index (χ4v) is 2.72. The molecule has 0 atom stereocenters. The van der Waals surface area contributed by atoms with Gasteiger partial charge in [0.1, 0.15) is 5.75 Å². The Balaban J connectivity index is 1.85. The molecule has 1 aromatic carbocycles. The van der Waals surface area contributed by atoms with Crippen molar-refractivity contribution in [1.29, 1.82) is 0 Å². The molecule has 1 heterocycles. The highest BCUT2D eigenvalue weighted by molar-refractivity contribution is 7.09. The van der Waals surface area contributed by atoms with Crippen LogP contribution >= 0.6 is 11.3 Å². The number of aryl methyl sites for hydroxylation is 1. The summed E-state index contributed by atoms with van der Waals surface area (Å²) in [6, 6.07) is 7.74. The van der Waals surface area contributed by atoms with Gasteiger partial charge in [0.05, 0.1) is 29.4 Å². The van der Waals surface area contributed by atoms with Crippen molar-refractivity contribution >= 4 is 23.0 Å². The minimum atomic E-state index is -0.168. The van der Waals surface area contributed by atoms with Gasteiger partial charge in [0.25, 0.3) is 0 Å². The van der Waals surface area contributed by atoms with Crippen LogP contribution in [-0.2, 0) is 11.2 Å². The van der Waals surface area contributed by atoms with Crippen LogP contribution in [-0.4, -0.2) is 23.2 Å². The summed E-state index contributed by atoms with van der Waals surface area (Å²) in [5.41, 5.74) is 5.05. The maximum absolute atomic E-state index is 11.9. The number of carbonyl (C=O) groups excluding carboxylic acids is 1. The number of thiazole rings is 1. The second-order valence-electron chi connectivity index (χ2n) is 6.32. The van der Waals surface area contributed by atoms with Crippen molar-refractivity contribution in [3.63, 3.8) is 0 Å². The van der Waals surface area contributed by atoms with Crippen molar-refractivity contribution in [1.82, 2.24) is 10.4 Å². The fraction of sp³-hybridized carbons (Fsp3) is 0.421. The molecule has 0 saturated carbocycles. The zero-order chi connectivity index (χ0) is 18.2. The minimum absolute atomic E-state index is 0.168. The summed E-state index contributed by atoms with van der Waals surface area (Å²) in [7, 11) is 0. The molecule has 0 saturated heterocycles. The van der Waals surface area contributed by atoms with Crippen molar-refractivity contribution in [2.75, 3.05) is 6.61 Å². The van der Waals surface area contributed by atoms with E-state index >= 15 is 0 Å². The number of hydrogen-bond donors (Lipinski definition) is 1. The van der Waals surface area contributed by atoms with E-state index in [-0.39, 0.29) is 12.3 Å². The summed E-state index contributed by atoms with van der Waals surface area (Å²) in [5, 5.41) is 7.01. The van der Waals surface area contributed by atoms with Crippen LogP contribution in [0.25, 0.3) is 0 Å². The number of rotatable bonds is 8. The highest BCUT2D eigenvalue weighted by Gasteiger charge is 2.06. The summed E-state index contributed by atoms with van der Waals surface area (Å²) in [6.45, 7) is 8.86. The van der Waals surface area contributed by atoms with Gasteiger partial charge >= 0.3 is 0 Å². The molecule has 1 aromatic heterocycles. The van der Waals surface area contributed by atoms with E-state index in [1.807, 2.05) is 43.5 Å². The molecule has 5 nitrogen and oxygen atoms in total. The van der Waals surface area contributed by atoms with Gasteiger partial charge in [-0.1, -0.05) is 13.8 Å². The molecule has 25 heavy (non-hydrogen) atoms. The summed E-state index contributed by atoms with van der Waals surface area (Å²) < 4.78 is 5.70. The molecule has 2 rings (SSSR count). The second kappa shape index (κ2) is 9.32. The normalized spacial score (nSPS) is 11.6. The molecule has 134 valence electrons. The van der Waals surface area contributed by atoms with Gasteiger partial charge in [-0.3, -0.25) is 4.79 Å². The lowest BCUT2D eigenvalue weighted by molar-refractivity contribution is -0.120. The van der Waals surface area contributed by atoms with Gasteiger partial charge in [-0.15, -0.1) is 11.3 Å². The summed E-state index contributed by atoms with van der Waals surface area (Å²) in [5.74, 6) is 1.31. The summed E-state index contributed by atoms with van der Waals surface area (Å²) >= 11 is 1.54. The van der Waals surface area contributed by atoms with Crippen molar-refractivity contribution in [2.45, 2.75) is 40.5 Å². The molecule has 0 aliphatic rings. The molecule has 0 bridgehead atoms. The van der Waals surface area contributed by atoms with Crippen LogP contribution in [0.4, 0.5) is 0 Å². The number of ether oxygens (including phenoxy) is 1. The number of hydrogen-bond acceptors (Lipinski definition) is 5. The average Bonchev–Trinajstić information content (AvgIpc) is 2.98. The van der Waals surface area contributed by atoms with Crippen LogP contribution in [0.1, 0.15) is 43.5 Å². The molecular formula is C19H25N3O2S. The number of hydrazone groups is 1. The lowest BCUT2D eigenvalue weighted by atomic mass is 10.1. The minimum Gasteiger partial charge on any atom is -0.494 e. The SMILES string of the molecule is C/C(=N/NC(=O)Cc1csc(C)n1)c1ccc(OCCC(C)C)cc1. The second-order valence-corrected chi connectivity index (χ2v) is 7.38. The van der Waals surface area contributed by atoms with Gasteiger partial charge in [-0.05, 0) is 56.0 Å². The van der Waals surface area contributed by atoms with Crippen molar-refractivity contribution in [3.8, 4) is 5.75 Å². The van der Waals surface area contributed by atoms with Crippen molar-refractivity contribution < 1.29 is 9.53 Å². The van der Waals surface area contributed by atoms with Crippen molar-refractivity contribution in [3.05, 3.63) is 45.9 Å². The third-order valence-electron chi connectivity index (χ3n) is 3.59. The molecule has 1 amide bonds. The van der Waals surface area contributed by atoms with E-state index in [4.69, 9.17) is 4.74 Å². The first kappa shape index (κ1) is 19.1. The lowest BCUT2D eigenvalue weighted by Gasteiger charge is -2.09. The number of nitrogens with zero attached hydrogens (tertiary/aromatic N) is 2. The van der Waals surface area contributed by atoms with Gasteiger partial charge in [-0.2, -0.15) is 5.10 Å². The third kappa shape index (κ3) is 6.66. The van der Waals surface area contributed by atoms with Crippen LogP contribution < -0.4 is 10.2 Å². The monoisotopic (exact) mass is 359 g/mol. The molecule has 0 spiro atoms. The zero-order valence-corrected chi connectivity index (χ0v) is 16.0. The fourth-order valence-electron chi connectivity index (χ4n) is 2.11. The Bertz CT molecular complexity index is 721. The Labute approximate surface area is 153 Å². The van der Waals surface area contributed by atoms with Crippen LogP contribution in [0.15, 0.2) is 34.7 Å². The number of benzene rings is 1. The lowest BCUT2D eigenvalue weighted by Crippen LogP contribution is -2.21. The van der Waals surface area contributed by atoms with Gasteiger partial charge < -0.3 is 4.74 Å². The van der Waals surface area contributed by atoms with E-state index in [0.29, 0.717) is 5.92 Å². The van der Waals surface area contributed by atoms with E-state index in [1.54, 1.807) is 0 Å². The van der Waals surface area contributed by atoms with Gasteiger partial charge in [0, 0.05) is 5.38 Å². The molecule has 0 radical (unpaired) electrons. The molecule has 0 aliphatic carbocycles. The van der Waals surface area contributed by atoms with Crippen LogP contribution in [0, 0.1) is 12.8 Å². The summed E-state index contributed by atoms with van der Waals surface area (Å²) in [6.07, 6.45) is 1.27. The summed E-state index contributed by atoms with van der Waals surface area (Å²) in [4.78, 5) is 16.2. The average molecular weight is 359 g/mol. The molecule has 0 fully saturated rings. The largest absolute Gasteiger partial charge is 0.494 e. The van der Waals surface area contributed by atoms with E-state index < -0.39 is 0 Å². The first-order valence-corrected chi connectivity index (χ1v) is 9.29. The maximum atomic E-state index is 11.9. The van der Waals surface area contributed by atoms with Crippen LogP contribution in [0.3, 0.4) is 0 Å². The first-order chi connectivity index (χ1) is 11.9. The number of carbonyl (C=O) groups is 1. The van der Waals surface area contributed by atoms with E-state index in [2.05, 4.69) is 29.4 Å². The Morgan fingerprint density at radius 2 is 2.04 bits per heavy atom. The molecule has 6 heteroatoms. The van der Waals surface area contributed by atoms with Gasteiger partial charge in [-0.25, -0.2) is 10.4 Å². The predicted octanol–water partition coefficient (Wildman–Crippen LogP) is 3.96. The van der Waals surface area contributed by atoms with Gasteiger partial charge in [0.15, 0.2) is 0 Å². The molecule has 0 unspecified atom stereocenters. The standard InChI is InChI=1S/C19H25N3O2S/c1-13(2)9-10-24-18-7-5-16(6-8-18)14(3)21-22-19(23)11-17-12-25-15(4)20-17/h5-8,12-13H,9-11H2,1-4H3,(H,22,23)/b21-14-. The molecule has 2 aromatic rings. The number of aromatic nitrogens is 1. The quantitative estimate of drug-likeness (QED) is 0.573. The molecule has 1 N–H and O–H groups in total. The maximum Gasteiger partial charge on any atom is 0.246 e. The van der Waals surface area contributed by atoms with E-state index in [9.17, 15) is 4.79 Å². The van der Waals surface area contributed by atoms with Crippen molar-refractivity contribution in [2.24, 2.45) is 11.0 Å². The molecular weight excluding hydrogens is 334 g/mol. The smallest absolute Gasteiger partial charge is 0.246 e. The topological polar surface area (TPSA) is 63.6 Å². The zero-order valence-electron chi connectivity index (χ0n) is 15.2. The van der Waals surface area contributed by atoms with E-state index in [0.717, 1.165) is 40.8 Å². The Hall–Kier alpha value is -2.21.